The van der Waals surface area contributed by atoms with E-state index in [1.54, 1.807) is 0 Å². The maximum absolute atomic E-state index is 13.3. The van der Waals surface area contributed by atoms with Gasteiger partial charge in [-0.3, -0.25) is 4.79 Å². The minimum absolute atomic E-state index is 0.00149. The molecule has 0 saturated carbocycles. The molecule has 5 rings (SSSR count). The van der Waals surface area contributed by atoms with Crippen molar-refractivity contribution in [3.8, 4) is 11.3 Å². The number of sulfonamides is 1. The molecule has 0 bridgehead atoms. The molecule has 0 aliphatic carbocycles. The molecule has 1 amide bonds. The first-order valence-electron chi connectivity index (χ1n) is 11.7. The third-order valence-corrected chi connectivity index (χ3v) is 8.55. The number of hydrogen-bond donors (Lipinski definition) is 0. The molecule has 0 N–H and O–H groups in total. The Morgan fingerprint density at radius 1 is 0.973 bits per heavy atom. The molecule has 2 aliphatic rings. The highest BCUT2D eigenvalue weighted by Gasteiger charge is 2.47. The second kappa shape index (κ2) is 9.42. The molecule has 3 heterocycles. The molecule has 37 heavy (non-hydrogen) atoms. The molecule has 1 fully saturated rings. The topological polar surface area (TPSA) is 86.7 Å². The number of amides is 1. The minimum atomic E-state index is -5.01. The number of piperazine rings is 1. The van der Waals surface area contributed by atoms with Crippen molar-refractivity contribution in [3.63, 3.8) is 0 Å². The smallest absolute Gasteiger partial charge is 0.354 e. The van der Waals surface area contributed by atoms with Gasteiger partial charge in [-0.15, -0.1) is 0 Å². The molecule has 2 aromatic carbocycles. The van der Waals surface area contributed by atoms with E-state index >= 15 is 0 Å². The third kappa shape index (κ3) is 4.78. The molecule has 12 heteroatoms. The zero-order chi connectivity index (χ0) is 26.4. The lowest BCUT2D eigenvalue weighted by atomic mass is 10.1. The molecule has 2 aliphatic heterocycles. The van der Waals surface area contributed by atoms with Gasteiger partial charge >= 0.3 is 12.1 Å². The van der Waals surface area contributed by atoms with E-state index in [0.717, 1.165) is 11.3 Å². The number of rotatable bonds is 4. The quantitative estimate of drug-likeness (QED) is 0.512. The van der Waals surface area contributed by atoms with Crippen molar-refractivity contribution in [2.24, 2.45) is 0 Å². The second-order valence-electron chi connectivity index (χ2n) is 9.04. The van der Waals surface area contributed by atoms with Crippen molar-refractivity contribution in [1.82, 2.24) is 14.3 Å². The zero-order valence-corrected chi connectivity index (χ0v) is 20.7. The van der Waals surface area contributed by atoms with Crippen LogP contribution < -0.4 is 9.80 Å². The van der Waals surface area contributed by atoms with Gasteiger partial charge in [0.25, 0.3) is 0 Å². The Morgan fingerprint density at radius 3 is 2.35 bits per heavy atom. The van der Waals surface area contributed by atoms with Crippen LogP contribution in [-0.4, -0.2) is 67.0 Å². The fourth-order valence-corrected chi connectivity index (χ4v) is 6.28. The third-order valence-electron chi connectivity index (χ3n) is 6.65. The maximum atomic E-state index is 13.3. The van der Waals surface area contributed by atoms with Crippen LogP contribution in [0.3, 0.4) is 0 Å². The van der Waals surface area contributed by atoms with Gasteiger partial charge in [0.2, 0.25) is 10.0 Å². The van der Waals surface area contributed by atoms with E-state index in [1.165, 1.54) is 35.8 Å². The lowest BCUT2D eigenvalue weighted by molar-refractivity contribution is -0.170. The Hall–Kier alpha value is -3.51. The predicted molar refractivity (Wildman–Crippen MR) is 132 cm³/mol. The van der Waals surface area contributed by atoms with E-state index in [4.69, 9.17) is 0 Å². The van der Waals surface area contributed by atoms with Crippen LogP contribution in [0.1, 0.15) is 12.5 Å². The molecular weight excluding hydrogens is 507 g/mol. The van der Waals surface area contributed by atoms with Crippen LogP contribution in [0.5, 0.6) is 0 Å². The van der Waals surface area contributed by atoms with E-state index in [2.05, 4.69) is 9.97 Å². The maximum Gasteiger partial charge on any atom is 0.471 e. The normalized spacial score (nSPS) is 18.6. The molecule has 8 nitrogen and oxygen atoms in total. The lowest BCUT2D eigenvalue weighted by Crippen LogP contribution is -2.49. The highest BCUT2D eigenvalue weighted by molar-refractivity contribution is 7.89. The highest BCUT2D eigenvalue weighted by Crippen LogP contribution is 2.37. The Bertz CT molecular complexity index is 1420. The Morgan fingerprint density at radius 2 is 1.68 bits per heavy atom. The summed E-state index contributed by atoms with van der Waals surface area (Å²) in [6.07, 6.45) is -3.38. The number of carbonyl (C=O) groups excluding carboxylic acids is 1. The van der Waals surface area contributed by atoms with E-state index in [0.29, 0.717) is 29.4 Å². The molecule has 1 unspecified atom stereocenters. The van der Waals surface area contributed by atoms with Gasteiger partial charge in [0.1, 0.15) is 12.1 Å². The van der Waals surface area contributed by atoms with Crippen molar-refractivity contribution < 1.29 is 26.4 Å². The van der Waals surface area contributed by atoms with Crippen LogP contribution in [0.2, 0.25) is 0 Å². The molecule has 0 radical (unpaired) electrons. The van der Waals surface area contributed by atoms with Crippen molar-refractivity contribution in [2.75, 3.05) is 36.0 Å². The van der Waals surface area contributed by atoms with Gasteiger partial charge in [0.05, 0.1) is 10.6 Å². The minimum Gasteiger partial charge on any atom is -0.354 e. The van der Waals surface area contributed by atoms with Crippen LogP contribution in [0.25, 0.3) is 11.3 Å². The van der Waals surface area contributed by atoms with Gasteiger partial charge in [-0.05, 0) is 37.1 Å². The summed E-state index contributed by atoms with van der Waals surface area (Å²) in [4.78, 5) is 23.2. The summed E-state index contributed by atoms with van der Waals surface area (Å²) in [6.45, 7) is 2.78. The van der Waals surface area contributed by atoms with Crippen molar-refractivity contribution >= 4 is 27.4 Å². The van der Waals surface area contributed by atoms with E-state index < -0.39 is 28.1 Å². The number of benzene rings is 2. The molecular formula is C25H24F3N5O3S. The largest absolute Gasteiger partial charge is 0.471 e. The molecule has 1 aromatic heterocycles. The van der Waals surface area contributed by atoms with Crippen LogP contribution in [0.15, 0.2) is 65.8 Å². The summed E-state index contributed by atoms with van der Waals surface area (Å²) >= 11 is 0. The van der Waals surface area contributed by atoms with Crippen molar-refractivity contribution in [2.45, 2.75) is 30.5 Å². The summed E-state index contributed by atoms with van der Waals surface area (Å²) in [5.74, 6) is -1.25. The number of fused-ring (bicyclic) bond motifs is 1. The van der Waals surface area contributed by atoms with Gasteiger partial charge in [-0.2, -0.15) is 17.5 Å². The molecule has 0 spiro atoms. The standard InChI is InChI=1S/C25H24F3N5O3S/c1-17-13-19-14-20(7-8-22(19)33(17)24(34)25(26,27)28)37(35,36)32-11-9-31(10-12-32)23-15-21(29-16-30-23)18-5-3-2-4-6-18/h2-8,14-17H,9-13H2,1H3. The fraction of sp³-hybridized carbons (Fsp3) is 0.320. The second-order valence-corrected chi connectivity index (χ2v) is 11.0. The molecule has 3 aromatic rings. The van der Waals surface area contributed by atoms with Crippen molar-refractivity contribution in [1.29, 1.82) is 0 Å². The summed E-state index contributed by atoms with van der Waals surface area (Å²) < 4.78 is 67.2. The van der Waals surface area contributed by atoms with E-state index in [9.17, 15) is 26.4 Å². The Kier molecular flexibility index (Phi) is 6.40. The molecule has 1 saturated heterocycles. The molecule has 194 valence electrons. The average molecular weight is 532 g/mol. The van der Waals surface area contributed by atoms with Gasteiger partial charge in [-0.1, -0.05) is 30.3 Å². The van der Waals surface area contributed by atoms with Crippen molar-refractivity contribution in [3.05, 3.63) is 66.5 Å². The number of hydrogen-bond acceptors (Lipinski definition) is 6. The first kappa shape index (κ1) is 25.2. The number of halogens is 3. The average Bonchev–Trinajstić information content (AvgIpc) is 3.23. The van der Waals surface area contributed by atoms with Gasteiger partial charge < -0.3 is 9.80 Å². The first-order chi connectivity index (χ1) is 17.6. The molecule has 1 atom stereocenters. The van der Waals surface area contributed by atoms with E-state index in [-0.39, 0.29) is 30.1 Å². The Balaban J connectivity index is 1.31. The Labute approximate surface area is 212 Å². The number of carbonyl (C=O) groups is 1. The number of nitrogens with zero attached hydrogens (tertiary/aromatic N) is 5. The van der Waals surface area contributed by atoms with E-state index in [1.807, 2.05) is 41.3 Å². The van der Waals surface area contributed by atoms with Gasteiger partial charge in [-0.25, -0.2) is 18.4 Å². The predicted octanol–water partition coefficient (Wildman–Crippen LogP) is 3.49. The summed E-state index contributed by atoms with van der Waals surface area (Å²) in [7, 11) is -3.88. The summed E-state index contributed by atoms with van der Waals surface area (Å²) in [6, 6.07) is 14.8. The van der Waals surface area contributed by atoms with Crippen LogP contribution in [0, 0.1) is 0 Å². The van der Waals surface area contributed by atoms with Gasteiger partial charge in [0.15, 0.2) is 0 Å². The highest BCUT2D eigenvalue weighted by atomic mass is 32.2. The SMILES string of the molecule is CC1Cc2cc(S(=O)(=O)N3CCN(c4cc(-c5ccccc5)ncn4)CC3)ccc2N1C(=O)C(F)(F)F. The summed E-state index contributed by atoms with van der Waals surface area (Å²) in [5, 5.41) is 0. The van der Waals surface area contributed by atoms with Crippen LogP contribution in [-0.2, 0) is 21.2 Å². The lowest BCUT2D eigenvalue weighted by Gasteiger charge is -2.34. The monoisotopic (exact) mass is 531 g/mol. The first-order valence-corrected chi connectivity index (χ1v) is 13.2. The fourth-order valence-electron chi connectivity index (χ4n) is 4.81. The number of aromatic nitrogens is 2. The number of anilines is 2. The van der Waals surface area contributed by atoms with Crippen LogP contribution >= 0.6 is 0 Å². The van der Waals surface area contributed by atoms with Crippen LogP contribution in [0.4, 0.5) is 24.7 Å². The number of alkyl halides is 3. The van der Waals surface area contributed by atoms with Gasteiger partial charge in [0, 0.05) is 49.5 Å². The summed E-state index contributed by atoms with van der Waals surface area (Å²) in [5.41, 5.74) is 2.22. The zero-order valence-electron chi connectivity index (χ0n) is 19.9.